The molecule has 0 saturated carbocycles. The Balaban J connectivity index is 2.44. The van der Waals surface area contributed by atoms with Crippen molar-refractivity contribution in [1.29, 1.82) is 5.26 Å². The van der Waals surface area contributed by atoms with Crippen LogP contribution in [0.25, 0.3) is 0 Å². The van der Waals surface area contributed by atoms with Gasteiger partial charge in [-0.2, -0.15) is 5.26 Å². The maximum absolute atomic E-state index is 11.8. The number of aliphatic hydroxyl groups is 1. The summed E-state index contributed by atoms with van der Waals surface area (Å²) in [5, 5.41) is 18.5. The molecule has 0 radical (unpaired) electrons. The number of β-amino-alcohol motifs (C(OH)–C–C–N with tert-alkyl or cyclic N) is 1. The van der Waals surface area contributed by atoms with Crippen LogP contribution in [0, 0.1) is 11.3 Å². The zero-order valence-electron chi connectivity index (χ0n) is 9.47. The van der Waals surface area contributed by atoms with E-state index in [0.29, 0.717) is 12.8 Å². The van der Waals surface area contributed by atoms with Crippen molar-refractivity contribution in [2.24, 2.45) is 0 Å². The summed E-state index contributed by atoms with van der Waals surface area (Å²) in [5.74, 6) is -0.0653. The molecule has 4 heteroatoms. The number of aliphatic hydroxyl groups excluding tert-OH is 1. The molecule has 88 valence electrons. The summed E-state index contributed by atoms with van der Waals surface area (Å²) in [7, 11) is 0. The number of amides is 1. The first-order valence-corrected chi connectivity index (χ1v) is 5.63. The number of nitriles is 1. The summed E-state index contributed by atoms with van der Waals surface area (Å²) in [6, 6.07) is 11.5. The molecular formula is C13H14N2O2. The van der Waals surface area contributed by atoms with Gasteiger partial charge in [0.15, 0.2) is 5.54 Å². The van der Waals surface area contributed by atoms with E-state index in [9.17, 15) is 10.1 Å². The number of carbonyl (C=O) groups is 1. The smallest absolute Gasteiger partial charge is 0.224 e. The second-order valence-electron chi connectivity index (χ2n) is 4.11. The number of rotatable bonds is 3. The van der Waals surface area contributed by atoms with Crippen LogP contribution in [-0.2, 0) is 10.3 Å². The Hall–Kier alpha value is -1.86. The fourth-order valence-electron chi connectivity index (χ4n) is 2.38. The van der Waals surface area contributed by atoms with E-state index >= 15 is 0 Å². The average molecular weight is 230 g/mol. The van der Waals surface area contributed by atoms with E-state index in [0.717, 1.165) is 5.56 Å². The molecule has 1 atom stereocenters. The van der Waals surface area contributed by atoms with E-state index in [1.807, 2.05) is 30.3 Å². The lowest BCUT2D eigenvalue weighted by Crippen LogP contribution is -2.43. The van der Waals surface area contributed by atoms with Crippen molar-refractivity contribution in [3.8, 4) is 6.07 Å². The molecule has 1 fully saturated rings. The normalized spacial score (nSPS) is 23.8. The van der Waals surface area contributed by atoms with Crippen LogP contribution in [0.2, 0.25) is 0 Å². The van der Waals surface area contributed by atoms with E-state index in [1.165, 1.54) is 4.90 Å². The maximum atomic E-state index is 11.8. The Kier molecular flexibility index (Phi) is 3.12. The third-order valence-electron chi connectivity index (χ3n) is 3.22. The molecule has 1 heterocycles. The summed E-state index contributed by atoms with van der Waals surface area (Å²) >= 11 is 0. The Morgan fingerprint density at radius 1 is 1.41 bits per heavy atom. The van der Waals surface area contributed by atoms with Crippen LogP contribution in [0.4, 0.5) is 0 Å². The van der Waals surface area contributed by atoms with Gasteiger partial charge in [0.2, 0.25) is 5.91 Å². The van der Waals surface area contributed by atoms with E-state index < -0.39 is 5.54 Å². The molecule has 0 unspecified atom stereocenters. The van der Waals surface area contributed by atoms with Gasteiger partial charge in [0.05, 0.1) is 12.7 Å². The van der Waals surface area contributed by atoms with E-state index in [2.05, 4.69) is 6.07 Å². The van der Waals surface area contributed by atoms with Gasteiger partial charge in [0.1, 0.15) is 0 Å². The van der Waals surface area contributed by atoms with E-state index in [4.69, 9.17) is 5.11 Å². The number of likely N-dealkylation sites (tertiary alicyclic amines) is 1. The van der Waals surface area contributed by atoms with Gasteiger partial charge in [-0.15, -0.1) is 0 Å². The molecule has 0 aromatic heterocycles. The largest absolute Gasteiger partial charge is 0.395 e. The van der Waals surface area contributed by atoms with Crippen LogP contribution in [0.3, 0.4) is 0 Å². The Bertz CT molecular complexity index is 452. The lowest BCUT2D eigenvalue weighted by Gasteiger charge is -2.32. The molecule has 1 N–H and O–H groups in total. The van der Waals surface area contributed by atoms with Crippen LogP contribution in [-0.4, -0.2) is 29.1 Å². The van der Waals surface area contributed by atoms with Crippen molar-refractivity contribution in [3.63, 3.8) is 0 Å². The molecule has 17 heavy (non-hydrogen) atoms. The average Bonchev–Trinajstić information content (AvgIpc) is 2.70. The minimum atomic E-state index is -0.902. The number of nitrogens with zero attached hydrogens (tertiary/aromatic N) is 2. The second-order valence-corrected chi connectivity index (χ2v) is 4.11. The first-order chi connectivity index (χ1) is 8.24. The Morgan fingerprint density at radius 2 is 2.12 bits per heavy atom. The van der Waals surface area contributed by atoms with Gasteiger partial charge in [-0.1, -0.05) is 30.3 Å². The van der Waals surface area contributed by atoms with Crippen LogP contribution in [0.5, 0.6) is 0 Å². The van der Waals surface area contributed by atoms with E-state index in [1.54, 1.807) is 0 Å². The lowest BCUT2D eigenvalue weighted by molar-refractivity contribution is -0.130. The highest BCUT2D eigenvalue weighted by molar-refractivity contribution is 5.81. The molecule has 1 aromatic rings. The van der Waals surface area contributed by atoms with Gasteiger partial charge < -0.3 is 10.0 Å². The first kappa shape index (κ1) is 11.6. The molecule has 1 aromatic carbocycles. The zero-order chi connectivity index (χ0) is 12.3. The monoisotopic (exact) mass is 230 g/mol. The van der Waals surface area contributed by atoms with Crippen LogP contribution in [0.1, 0.15) is 18.4 Å². The van der Waals surface area contributed by atoms with Gasteiger partial charge in [-0.3, -0.25) is 4.79 Å². The van der Waals surface area contributed by atoms with Crippen molar-refractivity contribution in [1.82, 2.24) is 4.90 Å². The van der Waals surface area contributed by atoms with Crippen LogP contribution >= 0.6 is 0 Å². The molecule has 2 rings (SSSR count). The number of hydrogen-bond donors (Lipinski definition) is 1. The number of hydrogen-bond acceptors (Lipinski definition) is 3. The van der Waals surface area contributed by atoms with Gasteiger partial charge in [-0.25, -0.2) is 0 Å². The highest BCUT2D eigenvalue weighted by Crippen LogP contribution is 2.38. The molecule has 4 nitrogen and oxygen atoms in total. The van der Waals surface area contributed by atoms with E-state index in [-0.39, 0.29) is 19.1 Å². The van der Waals surface area contributed by atoms with Crippen molar-refractivity contribution in [2.75, 3.05) is 13.2 Å². The molecule has 1 aliphatic heterocycles. The molecular weight excluding hydrogens is 216 g/mol. The van der Waals surface area contributed by atoms with Crippen molar-refractivity contribution >= 4 is 5.91 Å². The highest BCUT2D eigenvalue weighted by Gasteiger charge is 2.46. The van der Waals surface area contributed by atoms with Crippen molar-refractivity contribution in [3.05, 3.63) is 35.9 Å². The summed E-state index contributed by atoms with van der Waals surface area (Å²) in [6.45, 7) is 0.0866. The van der Waals surface area contributed by atoms with Gasteiger partial charge >= 0.3 is 0 Å². The molecule has 1 amide bonds. The third kappa shape index (κ3) is 1.79. The lowest BCUT2D eigenvalue weighted by atomic mass is 9.89. The Labute approximate surface area is 100 Å². The number of benzene rings is 1. The van der Waals surface area contributed by atoms with Crippen molar-refractivity contribution in [2.45, 2.75) is 18.4 Å². The standard InChI is InChI=1S/C13H14N2O2/c14-10-13(11-4-2-1-3-5-11)7-6-12(17)15(13)8-9-16/h1-5,16H,6-9H2/t13-/m1/s1. The summed E-state index contributed by atoms with van der Waals surface area (Å²) < 4.78 is 0. The first-order valence-electron chi connectivity index (χ1n) is 5.63. The zero-order valence-corrected chi connectivity index (χ0v) is 9.47. The van der Waals surface area contributed by atoms with Crippen molar-refractivity contribution < 1.29 is 9.90 Å². The SMILES string of the molecule is N#C[C@@]1(c2ccccc2)CCC(=O)N1CCO. The van der Waals surface area contributed by atoms with Gasteiger partial charge in [-0.05, 0) is 12.0 Å². The van der Waals surface area contributed by atoms with Crippen LogP contribution in [0.15, 0.2) is 30.3 Å². The molecule has 0 spiro atoms. The predicted molar refractivity (Wildman–Crippen MR) is 61.8 cm³/mol. The van der Waals surface area contributed by atoms with Gasteiger partial charge in [0.25, 0.3) is 0 Å². The summed E-state index contributed by atoms with van der Waals surface area (Å²) in [4.78, 5) is 13.3. The Morgan fingerprint density at radius 3 is 2.71 bits per heavy atom. The fourth-order valence-corrected chi connectivity index (χ4v) is 2.38. The summed E-state index contributed by atoms with van der Waals surface area (Å²) in [5.41, 5.74) is -0.0806. The predicted octanol–water partition coefficient (Wildman–Crippen LogP) is 1.02. The quantitative estimate of drug-likeness (QED) is 0.843. The minimum absolute atomic E-state index is 0.0653. The minimum Gasteiger partial charge on any atom is -0.395 e. The topological polar surface area (TPSA) is 64.3 Å². The fraction of sp³-hybridized carbons (Fsp3) is 0.385. The molecule has 1 aliphatic rings. The van der Waals surface area contributed by atoms with Gasteiger partial charge in [0, 0.05) is 13.0 Å². The summed E-state index contributed by atoms with van der Waals surface area (Å²) in [6.07, 6.45) is 0.856. The molecule has 0 bridgehead atoms. The molecule has 1 saturated heterocycles. The second kappa shape index (κ2) is 4.56. The maximum Gasteiger partial charge on any atom is 0.224 e. The number of carbonyl (C=O) groups excluding carboxylic acids is 1. The van der Waals surface area contributed by atoms with Crippen LogP contribution < -0.4 is 0 Å². The molecule has 0 aliphatic carbocycles. The third-order valence-corrected chi connectivity index (χ3v) is 3.22. The highest BCUT2D eigenvalue weighted by atomic mass is 16.3.